The molecule has 4 aromatic rings. The van der Waals surface area contributed by atoms with Crippen LogP contribution in [-0.4, -0.2) is 58.1 Å². The van der Waals surface area contributed by atoms with Crippen molar-refractivity contribution >= 4 is 17.2 Å². The predicted molar refractivity (Wildman–Crippen MR) is 116 cm³/mol. The van der Waals surface area contributed by atoms with Crippen molar-refractivity contribution in [1.29, 1.82) is 5.26 Å². The highest BCUT2D eigenvalue weighted by atomic mass is 16.2. The number of carbonyl (C=O) groups is 1. The van der Waals surface area contributed by atoms with E-state index in [-0.39, 0.29) is 12.3 Å². The summed E-state index contributed by atoms with van der Waals surface area (Å²) in [6.45, 7) is 2.69. The van der Waals surface area contributed by atoms with Gasteiger partial charge in [-0.05, 0) is 6.07 Å². The molecule has 4 aromatic heterocycles. The number of rotatable bonds is 5. The summed E-state index contributed by atoms with van der Waals surface area (Å²) in [4.78, 5) is 18.7. The van der Waals surface area contributed by atoms with Crippen molar-refractivity contribution in [2.45, 2.75) is 25.3 Å². The van der Waals surface area contributed by atoms with Crippen molar-refractivity contribution in [3.63, 3.8) is 0 Å². The number of amides is 1. The van der Waals surface area contributed by atoms with Crippen LogP contribution in [0.15, 0.2) is 37.1 Å². The van der Waals surface area contributed by atoms with Gasteiger partial charge in [-0.25, -0.2) is 9.50 Å². The number of anilines is 1. The molecule has 1 amide bonds. The molecular formula is C21H22N10O. The molecule has 1 saturated heterocycles. The molecule has 5 rings (SSSR count). The van der Waals surface area contributed by atoms with Crippen LogP contribution in [0.4, 0.5) is 5.82 Å². The van der Waals surface area contributed by atoms with Crippen LogP contribution in [0, 0.1) is 11.3 Å². The molecule has 0 spiro atoms. The van der Waals surface area contributed by atoms with Crippen molar-refractivity contribution in [3.05, 3.63) is 37.1 Å². The standard InChI is InChI=1S/C21H22N10O/c1-3-18(32)29-12-21(13-29,5-6-22)31-10-15(20(23)27-31)19-17-4-7-24-30(17)11-16(26-19)14-8-25-28(2)9-14/h4,7-11H,3,5,12-13H2,1-2H3,(H2,23,27). The third-order valence-corrected chi connectivity index (χ3v) is 5.91. The summed E-state index contributed by atoms with van der Waals surface area (Å²) >= 11 is 0. The van der Waals surface area contributed by atoms with Gasteiger partial charge in [0.05, 0.1) is 47.9 Å². The molecule has 0 aliphatic carbocycles. The van der Waals surface area contributed by atoms with Gasteiger partial charge in [-0.1, -0.05) is 6.92 Å². The maximum Gasteiger partial charge on any atom is 0.222 e. The first-order chi connectivity index (χ1) is 15.4. The first-order valence-corrected chi connectivity index (χ1v) is 10.3. The summed E-state index contributed by atoms with van der Waals surface area (Å²) in [5.74, 6) is 0.368. The molecule has 32 heavy (non-hydrogen) atoms. The second kappa shape index (κ2) is 7.19. The molecule has 11 nitrogen and oxygen atoms in total. The van der Waals surface area contributed by atoms with Crippen LogP contribution in [0.2, 0.25) is 0 Å². The zero-order chi connectivity index (χ0) is 22.5. The number of carbonyl (C=O) groups excluding carboxylic acids is 1. The summed E-state index contributed by atoms with van der Waals surface area (Å²) in [7, 11) is 1.85. The van der Waals surface area contributed by atoms with Crippen molar-refractivity contribution in [3.8, 4) is 28.6 Å². The zero-order valence-electron chi connectivity index (χ0n) is 17.8. The highest BCUT2D eigenvalue weighted by Crippen LogP contribution is 2.36. The summed E-state index contributed by atoms with van der Waals surface area (Å²) in [6.07, 6.45) is 9.64. The minimum atomic E-state index is -0.594. The van der Waals surface area contributed by atoms with E-state index in [1.807, 2.05) is 38.6 Å². The van der Waals surface area contributed by atoms with Gasteiger partial charge in [0, 0.05) is 44.5 Å². The van der Waals surface area contributed by atoms with Crippen LogP contribution in [-0.2, 0) is 17.4 Å². The fourth-order valence-corrected chi connectivity index (χ4v) is 4.18. The lowest BCUT2D eigenvalue weighted by Gasteiger charge is -2.48. The Bertz CT molecular complexity index is 1360. The molecule has 0 unspecified atom stereocenters. The van der Waals surface area contributed by atoms with Gasteiger partial charge in [-0.2, -0.15) is 20.6 Å². The van der Waals surface area contributed by atoms with Gasteiger partial charge in [-0.15, -0.1) is 0 Å². The van der Waals surface area contributed by atoms with Crippen LogP contribution < -0.4 is 5.73 Å². The SMILES string of the molecule is CCC(=O)N1CC(CC#N)(n2cc(-c3nc(-c4cnn(C)c4)cn4nccc34)c(N)n2)C1. The Hall–Kier alpha value is -4.20. The number of likely N-dealkylation sites (tertiary alicyclic amines) is 1. The Labute approximate surface area is 183 Å². The Kier molecular flexibility index (Phi) is 4.44. The van der Waals surface area contributed by atoms with E-state index >= 15 is 0 Å². The molecule has 2 N–H and O–H groups in total. The fourth-order valence-electron chi connectivity index (χ4n) is 4.18. The number of nitrogens with zero attached hydrogens (tertiary/aromatic N) is 9. The van der Waals surface area contributed by atoms with Crippen molar-refractivity contribution in [1.82, 2.24) is 39.1 Å². The minimum Gasteiger partial charge on any atom is -0.382 e. The smallest absolute Gasteiger partial charge is 0.222 e. The topological polar surface area (TPSA) is 136 Å². The molecule has 0 radical (unpaired) electrons. The number of hydrogen-bond acceptors (Lipinski definition) is 7. The maximum absolute atomic E-state index is 12.1. The Balaban J connectivity index is 1.59. The van der Waals surface area contributed by atoms with Gasteiger partial charge in [-0.3, -0.25) is 14.2 Å². The zero-order valence-corrected chi connectivity index (χ0v) is 17.8. The van der Waals surface area contributed by atoms with Crippen LogP contribution in [0.3, 0.4) is 0 Å². The lowest BCUT2D eigenvalue weighted by atomic mass is 9.86. The number of nitrogens with two attached hydrogens (primary N) is 1. The average molecular weight is 430 g/mol. The lowest BCUT2D eigenvalue weighted by molar-refractivity contribution is -0.142. The second-order valence-corrected chi connectivity index (χ2v) is 8.07. The molecule has 0 bridgehead atoms. The third-order valence-electron chi connectivity index (χ3n) is 5.91. The largest absolute Gasteiger partial charge is 0.382 e. The fraction of sp³-hybridized carbons (Fsp3) is 0.333. The third kappa shape index (κ3) is 2.99. The molecule has 162 valence electrons. The van der Waals surface area contributed by atoms with E-state index in [1.165, 1.54) is 0 Å². The first kappa shape index (κ1) is 19.7. The number of aromatic nitrogens is 7. The van der Waals surface area contributed by atoms with Crippen LogP contribution in [0.25, 0.3) is 28.0 Å². The van der Waals surface area contributed by atoms with Gasteiger partial charge < -0.3 is 10.6 Å². The second-order valence-electron chi connectivity index (χ2n) is 8.07. The molecule has 0 atom stereocenters. The van der Waals surface area contributed by atoms with Gasteiger partial charge in [0.15, 0.2) is 5.82 Å². The summed E-state index contributed by atoms with van der Waals surface area (Å²) < 4.78 is 5.19. The molecule has 1 aliphatic rings. The van der Waals surface area contributed by atoms with Crippen LogP contribution >= 0.6 is 0 Å². The Morgan fingerprint density at radius 1 is 1.28 bits per heavy atom. The van der Waals surface area contributed by atoms with Gasteiger partial charge in [0.1, 0.15) is 11.2 Å². The van der Waals surface area contributed by atoms with E-state index in [1.54, 1.807) is 31.2 Å². The van der Waals surface area contributed by atoms with Gasteiger partial charge >= 0.3 is 0 Å². The van der Waals surface area contributed by atoms with E-state index in [2.05, 4.69) is 21.4 Å². The Morgan fingerprint density at radius 2 is 2.09 bits per heavy atom. The molecule has 0 saturated carbocycles. The number of hydrogen-bond donors (Lipinski definition) is 1. The van der Waals surface area contributed by atoms with E-state index in [4.69, 9.17) is 10.7 Å². The summed E-state index contributed by atoms with van der Waals surface area (Å²) in [6, 6.07) is 4.10. The number of aryl methyl sites for hydroxylation is 1. The number of nitriles is 1. The first-order valence-electron chi connectivity index (χ1n) is 10.3. The maximum atomic E-state index is 12.1. The van der Waals surface area contributed by atoms with E-state index in [9.17, 15) is 10.1 Å². The monoisotopic (exact) mass is 430 g/mol. The quantitative estimate of drug-likeness (QED) is 0.506. The van der Waals surface area contributed by atoms with E-state index in [0.717, 1.165) is 11.1 Å². The molecule has 0 aromatic carbocycles. The van der Waals surface area contributed by atoms with E-state index in [0.29, 0.717) is 42.3 Å². The van der Waals surface area contributed by atoms with Crippen molar-refractivity contribution < 1.29 is 4.79 Å². The highest BCUT2D eigenvalue weighted by Gasteiger charge is 2.47. The summed E-state index contributed by atoms with van der Waals surface area (Å²) in [5, 5.41) is 22.6. The molecule has 11 heteroatoms. The minimum absolute atomic E-state index is 0.0609. The lowest BCUT2D eigenvalue weighted by Crippen LogP contribution is -2.64. The molecular weight excluding hydrogens is 408 g/mol. The van der Waals surface area contributed by atoms with Gasteiger partial charge in [0.25, 0.3) is 0 Å². The van der Waals surface area contributed by atoms with Gasteiger partial charge in [0.2, 0.25) is 5.91 Å². The van der Waals surface area contributed by atoms with Crippen LogP contribution in [0.1, 0.15) is 19.8 Å². The average Bonchev–Trinajstić information content (AvgIpc) is 3.48. The molecule has 5 heterocycles. The normalized spacial score (nSPS) is 15.0. The summed E-state index contributed by atoms with van der Waals surface area (Å²) in [5.41, 5.74) is 9.37. The number of fused-ring (bicyclic) bond motifs is 1. The van der Waals surface area contributed by atoms with E-state index < -0.39 is 5.54 Å². The van der Waals surface area contributed by atoms with Crippen LogP contribution in [0.5, 0.6) is 0 Å². The predicted octanol–water partition coefficient (Wildman–Crippen LogP) is 1.44. The molecule has 1 aliphatic heterocycles. The Morgan fingerprint density at radius 3 is 2.78 bits per heavy atom. The number of nitrogen functional groups attached to an aromatic ring is 1. The highest BCUT2D eigenvalue weighted by molar-refractivity contribution is 5.84. The van der Waals surface area contributed by atoms with Crippen molar-refractivity contribution in [2.24, 2.45) is 7.05 Å². The molecule has 1 fully saturated rings. The van der Waals surface area contributed by atoms with Crippen molar-refractivity contribution in [2.75, 3.05) is 18.8 Å².